The van der Waals surface area contributed by atoms with E-state index in [1.807, 2.05) is 0 Å². The Morgan fingerprint density at radius 3 is 2.92 bits per heavy atom. The van der Waals surface area contributed by atoms with Gasteiger partial charge in [-0.3, -0.25) is 15.1 Å². The molecule has 1 aromatic rings. The highest BCUT2D eigenvalue weighted by molar-refractivity contribution is 5.25. The van der Waals surface area contributed by atoms with Gasteiger partial charge in [0, 0.05) is 13.1 Å². The summed E-state index contributed by atoms with van der Waals surface area (Å²) in [5, 5.41) is 19.3. The van der Waals surface area contributed by atoms with Gasteiger partial charge in [-0.2, -0.15) is 4.73 Å². The van der Waals surface area contributed by atoms with Crippen molar-refractivity contribution in [2.75, 3.05) is 7.05 Å². The molecule has 6 heteroatoms. The average Bonchev–Trinajstić information content (AvgIpc) is 2.05. The molecule has 1 heterocycles. The second-order valence-corrected chi connectivity index (χ2v) is 2.07. The summed E-state index contributed by atoms with van der Waals surface area (Å²) in [5.74, 6) is 0. The molecule has 64 valence electrons. The molecular weight excluding hydrogens is 162 g/mol. The molecule has 1 N–H and O–H groups in total. The van der Waals surface area contributed by atoms with E-state index in [2.05, 4.69) is 4.99 Å². The largest absolute Gasteiger partial charge is 0.427 e. The van der Waals surface area contributed by atoms with E-state index in [4.69, 9.17) is 5.21 Å². The van der Waals surface area contributed by atoms with Crippen LogP contribution in [0.5, 0.6) is 0 Å². The Kier molecular flexibility index (Phi) is 2.09. The summed E-state index contributed by atoms with van der Waals surface area (Å²) in [4.78, 5) is 13.3. The van der Waals surface area contributed by atoms with Crippen LogP contribution < -0.4 is 5.49 Å². The Bertz CT molecular complexity index is 369. The molecule has 0 saturated carbocycles. The SMILES string of the molecule is CN=c1cc([N+](=O)[O-])ccn1O. The molecule has 0 fully saturated rings. The molecule has 0 unspecified atom stereocenters. The smallest absolute Gasteiger partial charge is 0.274 e. The summed E-state index contributed by atoms with van der Waals surface area (Å²) >= 11 is 0. The van der Waals surface area contributed by atoms with E-state index in [9.17, 15) is 10.1 Å². The molecule has 0 saturated heterocycles. The normalized spacial score (nSPS) is 11.6. The average molecular weight is 169 g/mol. The lowest BCUT2D eigenvalue weighted by atomic mass is 10.4. The van der Waals surface area contributed by atoms with Gasteiger partial charge in [0.05, 0.1) is 17.2 Å². The zero-order valence-corrected chi connectivity index (χ0v) is 6.34. The summed E-state index contributed by atoms with van der Waals surface area (Å²) in [6, 6.07) is 2.37. The monoisotopic (exact) mass is 169 g/mol. The van der Waals surface area contributed by atoms with Gasteiger partial charge in [-0.15, -0.1) is 0 Å². The van der Waals surface area contributed by atoms with Crippen molar-refractivity contribution >= 4 is 5.69 Å². The summed E-state index contributed by atoms with van der Waals surface area (Å²) in [6.45, 7) is 0. The number of hydrogen-bond donors (Lipinski definition) is 1. The molecule has 0 spiro atoms. The van der Waals surface area contributed by atoms with E-state index < -0.39 is 4.92 Å². The Hall–Kier alpha value is -1.85. The first kappa shape index (κ1) is 8.25. The minimum absolute atomic E-state index is 0.0964. The van der Waals surface area contributed by atoms with Crippen LogP contribution in [-0.2, 0) is 0 Å². The second-order valence-electron chi connectivity index (χ2n) is 2.07. The fourth-order valence-electron chi connectivity index (χ4n) is 0.750. The Morgan fingerprint density at radius 1 is 1.75 bits per heavy atom. The lowest BCUT2D eigenvalue weighted by Gasteiger charge is -1.95. The summed E-state index contributed by atoms with van der Waals surface area (Å²) < 4.78 is 0.715. The van der Waals surface area contributed by atoms with Gasteiger partial charge < -0.3 is 5.21 Å². The minimum Gasteiger partial charge on any atom is -0.427 e. The van der Waals surface area contributed by atoms with Gasteiger partial charge in [-0.05, 0) is 0 Å². The molecule has 0 aliphatic heterocycles. The first-order chi connectivity index (χ1) is 5.65. The van der Waals surface area contributed by atoms with Crippen molar-refractivity contribution < 1.29 is 10.1 Å². The number of nitro groups is 1. The molecule has 0 aromatic carbocycles. The molecule has 0 radical (unpaired) electrons. The number of rotatable bonds is 1. The quantitative estimate of drug-likeness (QED) is 0.369. The van der Waals surface area contributed by atoms with Gasteiger partial charge in [0.2, 0.25) is 0 Å². The Labute approximate surface area is 67.5 Å². The fourth-order valence-corrected chi connectivity index (χ4v) is 0.750. The molecule has 0 bridgehead atoms. The summed E-state index contributed by atoms with van der Waals surface area (Å²) in [7, 11) is 1.44. The van der Waals surface area contributed by atoms with E-state index in [-0.39, 0.29) is 11.2 Å². The van der Waals surface area contributed by atoms with E-state index >= 15 is 0 Å². The number of pyridine rings is 1. The fraction of sp³-hybridized carbons (Fsp3) is 0.167. The van der Waals surface area contributed by atoms with Gasteiger partial charge in [-0.1, -0.05) is 0 Å². The van der Waals surface area contributed by atoms with Crippen molar-refractivity contribution in [2.45, 2.75) is 0 Å². The zero-order chi connectivity index (χ0) is 9.14. The van der Waals surface area contributed by atoms with Crippen LogP contribution in [0.2, 0.25) is 0 Å². The molecule has 0 amide bonds. The summed E-state index contributed by atoms with van der Waals surface area (Å²) in [5.41, 5.74) is 0.0464. The molecule has 1 aromatic heterocycles. The molecule has 0 atom stereocenters. The zero-order valence-electron chi connectivity index (χ0n) is 6.34. The number of aromatic nitrogens is 1. The maximum Gasteiger partial charge on any atom is 0.274 e. The number of nitrogens with zero attached hydrogens (tertiary/aromatic N) is 3. The highest BCUT2D eigenvalue weighted by atomic mass is 16.6. The topological polar surface area (TPSA) is 80.7 Å². The minimum atomic E-state index is -0.547. The van der Waals surface area contributed by atoms with Crippen LogP contribution in [0, 0.1) is 10.1 Å². The van der Waals surface area contributed by atoms with Crippen molar-refractivity contribution in [3.05, 3.63) is 33.9 Å². The Balaban J connectivity index is 3.33. The first-order valence-electron chi connectivity index (χ1n) is 3.14. The van der Waals surface area contributed by atoms with Gasteiger partial charge in [0.25, 0.3) is 5.69 Å². The van der Waals surface area contributed by atoms with E-state index in [1.165, 1.54) is 25.4 Å². The third kappa shape index (κ3) is 1.42. The molecular formula is C6H7N3O3. The lowest BCUT2D eigenvalue weighted by molar-refractivity contribution is -0.385. The van der Waals surface area contributed by atoms with Crippen LogP contribution in [0.3, 0.4) is 0 Å². The van der Waals surface area contributed by atoms with Crippen molar-refractivity contribution in [1.82, 2.24) is 4.73 Å². The standard InChI is InChI=1S/C6H7N3O3/c1-7-6-4-5(9(11)12)2-3-8(6)10/h2-4,10H,1H3. The van der Waals surface area contributed by atoms with Gasteiger partial charge in [-0.25, -0.2) is 0 Å². The van der Waals surface area contributed by atoms with Gasteiger partial charge >= 0.3 is 0 Å². The highest BCUT2D eigenvalue weighted by Crippen LogP contribution is 2.03. The third-order valence-corrected chi connectivity index (χ3v) is 1.34. The van der Waals surface area contributed by atoms with E-state index in [1.54, 1.807) is 0 Å². The van der Waals surface area contributed by atoms with Crippen molar-refractivity contribution in [3.8, 4) is 0 Å². The molecule has 12 heavy (non-hydrogen) atoms. The molecule has 0 aliphatic carbocycles. The predicted molar refractivity (Wildman–Crippen MR) is 39.8 cm³/mol. The van der Waals surface area contributed by atoms with Gasteiger partial charge in [0.1, 0.15) is 0 Å². The van der Waals surface area contributed by atoms with Gasteiger partial charge in [0.15, 0.2) is 5.49 Å². The van der Waals surface area contributed by atoms with Crippen molar-refractivity contribution in [2.24, 2.45) is 4.99 Å². The predicted octanol–water partition coefficient (Wildman–Crippen LogP) is 0.164. The molecule has 1 rings (SSSR count). The van der Waals surface area contributed by atoms with Crippen LogP contribution in [0.15, 0.2) is 23.3 Å². The van der Waals surface area contributed by atoms with E-state index in [0.29, 0.717) is 4.73 Å². The second kappa shape index (κ2) is 3.04. The number of hydrogen-bond acceptors (Lipinski definition) is 4. The van der Waals surface area contributed by atoms with Crippen molar-refractivity contribution in [1.29, 1.82) is 0 Å². The maximum absolute atomic E-state index is 10.3. The van der Waals surface area contributed by atoms with Crippen LogP contribution >= 0.6 is 0 Å². The van der Waals surface area contributed by atoms with Crippen LogP contribution in [0.25, 0.3) is 0 Å². The molecule has 0 aliphatic rings. The summed E-state index contributed by atoms with van der Waals surface area (Å²) in [6.07, 6.45) is 1.17. The van der Waals surface area contributed by atoms with Crippen molar-refractivity contribution in [3.63, 3.8) is 0 Å². The lowest BCUT2D eigenvalue weighted by Crippen LogP contribution is -2.17. The first-order valence-corrected chi connectivity index (χ1v) is 3.14. The maximum atomic E-state index is 10.3. The van der Waals surface area contributed by atoms with Crippen LogP contribution in [-0.4, -0.2) is 21.9 Å². The molecule has 6 nitrogen and oxygen atoms in total. The third-order valence-electron chi connectivity index (χ3n) is 1.34. The van der Waals surface area contributed by atoms with Crippen LogP contribution in [0.4, 0.5) is 5.69 Å². The van der Waals surface area contributed by atoms with E-state index in [0.717, 1.165) is 0 Å². The highest BCUT2D eigenvalue weighted by Gasteiger charge is 2.04. The van der Waals surface area contributed by atoms with Crippen LogP contribution in [0.1, 0.15) is 0 Å². The Morgan fingerprint density at radius 2 is 2.42 bits per heavy atom.